The normalized spacial score (nSPS) is 15.3. The van der Waals surface area contributed by atoms with Crippen molar-refractivity contribution in [2.75, 3.05) is 6.54 Å². The molecule has 0 aliphatic carbocycles. The van der Waals surface area contributed by atoms with Crippen LogP contribution in [0.25, 0.3) is 17.4 Å². The number of hydrogen-bond acceptors (Lipinski definition) is 7. The van der Waals surface area contributed by atoms with Crippen molar-refractivity contribution in [2.45, 2.75) is 19.8 Å². The quantitative estimate of drug-likeness (QED) is 0.299. The molecular formula is C19H16N2O6S2. The smallest absolute Gasteiger partial charge is 0.303 e. The van der Waals surface area contributed by atoms with Crippen molar-refractivity contribution in [3.8, 4) is 11.3 Å². The summed E-state index contributed by atoms with van der Waals surface area (Å²) in [6.45, 7) is 2.00. The lowest BCUT2D eigenvalue weighted by Crippen LogP contribution is -2.29. The Hall–Kier alpha value is -2.98. The summed E-state index contributed by atoms with van der Waals surface area (Å²) < 4.78 is 6.06. The maximum atomic E-state index is 12.5. The highest BCUT2D eigenvalue weighted by Gasteiger charge is 2.32. The van der Waals surface area contributed by atoms with Gasteiger partial charge in [-0.3, -0.25) is 24.6 Å². The van der Waals surface area contributed by atoms with Crippen molar-refractivity contribution in [1.29, 1.82) is 0 Å². The van der Waals surface area contributed by atoms with Crippen LogP contribution < -0.4 is 0 Å². The molecule has 1 amide bonds. The van der Waals surface area contributed by atoms with E-state index in [1.54, 1.807) is 31.2 Å². The first-order valence-electron chi connectivity index (χ1n) is 8.58. The lowest BCUT2D eigenvalue weighted by molar-refractivity contribution is -0.384. The zero-order valence-corrected chi connectivity index (χ0v) is 16.9. The van der Waals surface area contributed by atoms with Gasteiger partial charge in [0, 0.05) is 25.1 Å². The van der Waals surface area contributed by atoms with Crippen LogP contribution in [0.5, 0.6) is 0 Å². The molecule has 0 bridgehead atoms. The van der Waals surface area contributed by atoms with E-state index in [1.807, 2.05) is 0 Å². The van der Waals surface area contributed by atoms with Crippen LogP contribution in [0.1, 0.15) is 24.2 Å². The van der Waals surface area contributed by atoms with E-state index in [1.165, 1.54) is 17.0 Å². The number of aliphatic carboxylic acids is 1. The summed E-state index contributed by atoms with van der Waals surface area (Å²) in [6, 6.07) is 8.08. The van der Waals surface area contributed by atoms with Gasteiger partial charge in [0.1, 0.15) is 15.8 Å². The standard InChI is InChI=1S/C19H16N2O6S2/c1-11-4-6-13(14(9-11)21(25)26)15-7-5-12(27-15)10-16-18(24)20(19(28)29-16)8-2-3-17(22)23/h4-7,9-10H,2-3,8H2,1H3,(H,22,23)/b16-10-. The minimum atomic E-state index is -0.931. The first-order chi connectivity index (χ1) is 13.8. The van der Waals surface area contributed by atoms with E-state index in [4.69, 9.17) is 21.7 Å². The summed E-state index contributed by atoms with van der Waals surface area (Å²) in [5, 5.41) is 20.0. The lowest BCUT2D eigenvalue weighted by atomic mass is 10.1. The molecule has 0 atom stereocenters. The number of nitro benzene ring substituents is 1. The van der Waals surface area contributed by atoms with Crippen LogP contribution in [0.4, 0.5) is 5.69 Å². The predicted octanol–water partition coefficient (Wildman–Crippen LogP) is 4.23. The molecule has 0 radical (unpaired) electrons. The van der Waals surface area contributed by atoms with Crippen LogP contribution in [0.15, 0.2) is 39.7 Å². The minimum absolute atomic E-state index is 0.0486. The Balaban J connectivity index is 1.80. The summed E-state index contributed by atoms with van der Waals surface area (Å²) in [7, 11) is 0. The highest BCUT2D eigenvalue weighted by molar-refractivity contribution is 8.26. The molecule has 29 heavy (non-hydrogen) atoms. The molecule has 10 heteroatoms. The van der Waals surface area contributed by atoms with Crippen molar-refractivity contribution < 1.29 is 24.0 Å². The Labute approximate surface area is 175 Å². The number of thioether (sulfide) groups is 1. The molecule has 0 saturated carbocycles. The largest absolute Gasteiger partial charge is 0.481 e. The Bertz CT molecular complexity index is 1040. The first kappa shape index (κ1) is 20.7. The highest BCUT2D eigenvalue weighted by Crippen LogP contribution is 2.35. The number of nitro groups is 1. The van der Waals surface area contributed by atoms with E-state index in [0.29, 0.717) is 32.7 Å². The summed E-state index contributed by atoms with van der Waals surface area (Å²) in [5.74, 6) is -0.565. The van der Waals surface area contributed by atoms with Crippen molar-refractivity contribution in [1.82, 2.24) is 4.90 Å². The number of hydrogen-bond donors (Lipinski definition) is 1. The third-order valence-corrected chi connectivity index (χ3v) is 5.54. The summed E-state index contributed by atoms with van der Waals surface area (Å²) in [4.78, 5) is 35.7. The molecule has 1 aromatic carbocycles. The summed E-state index contributed by atoms with van der Waals surface area (Å²) in [6.07, 6.45) is 1.78. The second-order valence-electron chi connectivity index (χ2n) is 6.31. The van der Waals surface area contributed by atoms with Crippen LogP contribution in [-0.4, -0.2) is 37.7 Å². The van der Waals surface area contributed by atoms with Gasteiger partial charge < -0.3 is 9.52 Å². The average Bonchev–Trinajstić information content (AvgIpc) is 3.21. The molecule has 8 nitrogen and oxygen atoms in total. The maximum Gasteiger partial charge on any atom is 0.303 e. The molecule has 1 saturated heterocycles. The molecule has 150 valence electrons. The Morgan fingerprint density at radius 2 is 2.14 bits per heavy atom. The zero-order chi connectivity index (χ0) is 21.1. The minimum Gasteiger partial charge on any atom is -0.481 e. The SMILES string of the molecule is Cc1ccc(-c2ccc(/C=C3\SC(=S)N(CCCC(=O)O)C3=O)o2)c([N+](=O)[O-])c1. The number of carboxylic acids is 1. The molecule has 1 aliphatic heterocycles. The molecule has 0 spiro atoms. The number of benzene rings is 1. The van der Waals surface area contributed by atoms with Crippen LogP contribution >= 0.6 is 24.0 Å². The van der Waals surface area contributed by atoms with Gasteiger partial charge in [-0.15, -0.1) is 0 Å². The number of aryl methyl sites for hydroxylation is 1. The van der Waals surface area contributed by atoms with E-state index < -0.39 is 10.9 Å². The van der Waals surface area contributed by atoms with Gasteiger partial charge in [0.15, 0.2) is 0 Å². The topological polar surface area (TPSA) is 114 Å². The Kier molecular flexibility index (Phi) is 6.14. The van der Waals surface area contributed by atoms with Gasteiger partial charge >= 0.3 is 5.97 Å². The van der Waals surface area contributed by atoms with Crippen LogP contribution in [0.3, 0.4) is 0 Å². The zero-order valence-electron chi connectivity index (χ0n) is 15.3. The Morgan fingerprint density at radius 1 is 1.38 bits per heavy atom. The van der Waals surface area contributed by atoms with Gasteiger partial charge in [-0.2, -0.15) is 0 Å². The number of carbonyl (C=O) groups excluding carboxylic acids is 1. The molecule has 0 unspecified atom stereocenters. The fourth-order valence-electron chi connectivity index (χ4n) is 2.79. The average molecular weight is 432 g/mol. The molecule has 1 aliphatic rings. The van der Waals surface area contributed by atoms with Crippen molar-refractivity contribution in [3.63, 3.8) is 0 Å². The fraction of sp³-hybridized carbons (Fsp3) is 0.211. The van der Waals surface area contributed by atoms with Crippen molar-refractivity contribution >= 4 is 51.9 Å². The predicted molar refractivity (Wildman–Crippen MR) is 112 cm³/mol. The first-order valence-corrected chi connectivity index (χ1v) is 9.81. The van der Waals surface area contributed by atoms with E-state index in [9.17, 15) is 19.7 Å². The number of furan rings is 1. The molecule has 3 rings (SSSR count). The van der Waals surface area contributed by atoms with E-state index >= 15 is 0 Å². The van der Waals surface area contributed by atoms with Crippen molar-refractivity contribution in [2.24, 2.45) is 0 Å². The molecule has 1 N–H and O–H groups in total. The molecule has 1 aromatic heterocycles. The van der Waals surface area contributed by atoms with E-state index in [-0.39, 0.29) is 24.6 Å². The fourth-order valence-corrected chi connectivity index (χ4v) is 4.08. The number of amides is 1. The number of carboxylic acid groups (broad SMARTS) is 1. The maximum absolute atomic E-state index is 12.5. The molecule has 2 heterocycles. The van der Waals surface area contributed by atoms with Gasteiger partial charge in [0.2, 0.25) is 0 Å². The van der Waals surface area contributed by atoms with Crippen LogP contribution in [0, 0.1) is 17.0 Å². The van der Waals surface area contributed by atoms with Crippen molar-refractivity contribution in [3.05, 3.63) is 56.7 Å². The second-order valence-corrected chi connectivity index (χ2v) is 7.99. The second kappa shape index (κ2) is 8.58. The number of thiocarbonyl (C=S) groups is 1. The number of nitrogens with zero attached hydrogens (tertiary/aromatic N) is 2. The van der Waals surface area contributed by atoms with Gasteiger partial charge in [0.05, 0.1) is 15.4 Å². The molecule has 2 aromatic rings. The van der Waals surface area contributed by atoms with Crippen LogP contribution in [-0.2, 0) is 9.59 Å². The third-order valence-electron chi connectivity index (χ3n) is 4.16. The highest BCUT2D eigenvalue weighted by atomic mass is 32.2. The Morgan fingerprint density at radius 3 is 2.83 bits per heavy atom. The molecule has 1 fully saturated rings. The summed E-state index contributed by atoms with van der Waals surface area (Å²) >= 11 is 6.31. The van der Waals surface area contributed by atoms with Gasteiger partial charge in [0.25, 0.3) is 11.6 Å². The molecular weight excluding hydrogens is 416 g/mol. The number of rotatable bonds is 7. The van der Waals surface area contributed by atoms with Gasteiger partial charge in [-0.1, -0.05) is 30.0 Å². The number of carbonyl (C=O) groups is 2. The lowest BCUT2D eigenvalue weighted by Gasteiger charge is -2.13. The third kappa shape index (κ3) is 4.72. The van der Waals surface area contributed by atoms with Gasteiger partial charge in [-0.25, -0.2) is 0 Å². The monoisotopic (exact) mass is 432 g/mol. The van der Waals surface area contributed by atoms with Gasteiger partial charge in [-0.05, 0) is 37.1 Å². The summed E-state index contributed by atoms with van der Waals surface area (Å²) in [5.41, 5.74) is 1.05. The van der Waals surface area contributed by atoms with E-state index in [0.717, 1.165) is 17.3 Å². The van der Waals surface area contributed by atoms with E-state index in [2.05, 4.69) is 0 Å². The van der Waals surface area contributed by atoms with Crippen LogP contribution in [0.2, 0.25) is 0 Å².